The second-order valence-corrected chi connectivity index (χ2v) is 4.65. The molecule has 0 aliphatic rings. The second-order valence-electron chi connectivity index (χ2n) is 4.65. The van der Waals surface area contributed by atoms with Crippen LogP contribution in [-0.4, -0.2) is 23.9 Å². The molecule has 0 bridgehead atoms. The summed E-state index contributed by atoms with van der Waals surface area (Å²) in [6.45, 7) is 6.77. The standard InChI is InChI=1S/C14H28FNO/c1-4-7-8-9-10-11-14(15)12-13-16(17,5-2)6-3/h12-14H,4-11H2,1-3H3/b13-12+. The Balaban J connectivity index is 3.77. The maximum absolute atomic E-state index is 13.5. The fraction of sp³-hybridized carbons (Fsp3) is 0.857. The van der Waals surface area contributed by atoms with Crippen molar-refractivity contribution in [3.8, 4) is 0 Å². The van der Waals surface area contributed by atoms with Gasteiger partial charge in [0.1, 0.15) is 6.17 Å². The molecule has 0 aromatic heterocycles. The molecule has 2 nitrogen and oxygen atoms in total. The first kappa shape index (κ1) is 16.6. The molecule has 0 rings (SSSR count). The third-order valence-electron chi connectivity index (χ3n) is 3.22. The molecule has 0 aliphatic heterocycles. The van der Waals surface area contributed by atoms with Gasteiger partial charge in [0.15, 0.2) is 0 Å². The van der Waals surface area contributed by atoms with Crippen molar-refractivity contribution >= 4 is 0 Å². The summed E-state index contributed by atoms with van der Waals surface area (Å²) < 4.78 is 13.1. The summed E-state index contributed by atoms with van der Waals surface area (Å²) in [6, 6.07) is 0. The van der Waals surface area contributed by atoms with Crippen LogP contribution in [0, 0.1) is 5.21 Å². The smallest absolute Gasteiger partial charge is 0.124 e. The Bertz CT molecular complexity index is 202. The van der Waals surface area contributed by atoms with E-state index in [9.17, 15) is 9.60 Å². The van der Waals surface area contributed by atoms with Gasteiger partial charge < -0.3 is 9.85 Å². The van der Waals surface area contributed by atoms with Crippen LogP contribution in [-0.2, 0) is 0 Å². The zero-order valence-electron chi connectivity index (χ0n) is 11.6. The maximum Gasteiger partial charge on any atom is 0.124 e. The van der Waals surface area contributed by atoms with Crippen LogP contribution in [0.15, 0.2) is 12.3 Å². The monoisotopic (exact) mass is 245 g/mol. The number of allylic oxidation sites excluding steroid dienone is 1. The predicted molar refractivity (Wildman–Crippen MR) is 72.1 cm³/mol. The van der Waals surface area contributed by atoms with Crippen molar-refractivity contribution in [1.82, 2.24) is 0 Å². The highest BCUT2D eigenvalue weighted by atomic mass is 19.1. The minimum absolute atomic E-state index is 0.420. The van der Waals surface area contributed by atoms with Gasteiger partial charge in [-0.15, -0.1) is 0 Å². The highest BCUT2D eigenvalue weighted by molar-refractivity contribution is 4.84. The SMILES string of the molecule is CCCCCCCC(F)/C=C/[N+]([O-])(CC)CC. The minimum Gasteiger partial charge on any atom is -0.628 e. The number of halogens is 1. The highest BCUT2D eigenvalue weighted by Gasteiger charge is 2.09. The van der Waals surface area contributed by atoms with E-state index in [2.05, 4.69) is 6.92 Å². The van der Waals surface area contributed by atoms with Crippen LogP contribution in [0.4, 0.5) is 4.39 Å². The lowest BCUT2D eigenvalue weighted by Gasteiger charge is -2.36. The summed E-state index contributed by atoms with van der Waals surface area (Å²) in [6.07, 6.45) is 8.16. The van der Waals surface area contributed by atoms with Gasteiger partial charge in [0, 0.05) is 6.08 Å². The summed E-state index contributed by atoms with van der Waals surface area (Å²) in [5.41, 5.74) is 0. The van der Waals surface area contributed by atoms with Gasteiger partial charge in [-0.1, -0.05) is 39.0 Å². The number of hydrogen-bond acceptors (Lipinski definition) is 1. The van der Waals surface area contributed by atoms with Crippen LogP contribution < -0.4 is 0 Å². The number of hydroxylamine groups is 3. The van der Waals surface area contributed by atoms with Crippen LogP contribution >= 0.6 is 0 Å². The average molecular weight is 245 g/mol. The lowest BCUT2D eigenvalue weighted by atomic mass is 10.1. The predicted octanol–water partition coefficient (Wildman–Crippen LogP) is 4.55. The topological polar surface area (TPSA) is 23.1 Å². The van der Waals surface area contributed by atoms with Gasteiger partial charge in [0.25, 0.3) is 0 Å². The quantitative estimate of drug-likeness (QED) is 0.314. The van der Waals surface area contributed by atoms with E-state index in [0.29, 0.717) is 19.5 Å². The van der Waals surface area contributed by atoms with Crippen molar-refractivity contribution in [2.45, 2.75) is 65.5 Å². The van der Waals surface area contributed by atoms with Crippen LogP contribution in [0.1, 0.15) is 59.3 Å². The number of unbranched alkanes of at least 4 members (excludes halogenated alkanes) is 4. The highest BCUT2D eigenvalue weighted by Crippen LogP contribution is 2.12. The summed E-state index contributed by atoms with van der Waals surface area (Å²) in [4.78, 5) is 0. The molecule has 0 heterocycles. The van der Waals surface area contributed by atoms with E-state index in [-0.39, 0.29) is 0 Å². The molecule has 0 aliphatic carbocycles. The van der Waals surface area contributed by atoms with Crippen molar-refractivity contribution in [2.75, 3.05) is 13.1 Å². The Hall–Kier alpha value is -0.410. The van der Waals surface area contributed by atoms with Crippen molar-refractivity contribution in [3.63, 3.8) is 0 Å². The molecule has 3 heteroatoms. The Morgan fingerprint density at radius 1 is 1.06 bits per heavy atom. The molecule has 0 N–H and O–H groups in total. The first-order valence-electron chi connectivity index (χ1n) is 6.99. The Kier molecular flexibility index (Phi) is 9.37. The number of rotatable bonds is 10. The molecule has 0 aromatic carbocycles. The lowest BCUT2D eigenvalue weighted by molar-refractivity contribution is -0.825. The molecule has 1 atom stereocenters. The second kappa shape index (κ2) is 9.60. The molecule has 0 aromatic rings. The Morgan fingerprint density at radius 2 is 1.65 bits per heavy atom. The molecule has 0 spiro atoms. The van der Waals surface area contributed by atoms with E-state index in [1.165, 1.54) is 31.5 Å². The van der Waals surface area contributed by atoms with Crippen LogP contribution in [0.25, 0.3) is 0 Å². The van der Waals surface area contributed by atoms with Gasteiger partial charge in [-0.25, -0.2) is 4.39 Å². The first-order chi connectivity index (χ1) is 8.08. The summed E-state index contributed by atoms with van der Waals surface area (Å²) in [5, 5.41) is 11.8. The van der Waals surface area contributed by atoms with Gasteiger partial charge in [-0.2, -0.15) is 0 Å². The molecule has 0 saturated heterocycles. The summed E-state index contributed by atoms with van der Waals surface area (Å²) in [7, 11) is 0. The fourth-order valence-corrected chi connectivity index (χ4v) is 1.72. The van der Waals surface area contributed by atoms with Gasteiger partial charge in [-0.05, 0) is 20.3 Å². The molecular weight excluding hydrogens is 217 g/mol. The summed E-state index contributed by atoms with van der Waals surface area (Å²) >= 11 is 0. The van der Waals surface area contributed by atoms with E-state index in [1.54, 1.807) is 0 Å². The average Bonchev–Trinajstić information content (AvgIpc) is 2.35. The summed E-state index contributed by atoms with van der Waals surface area (Å²) in [5.74, 6) is 0. The lowest BCUT2D eigenvalue weighted by Crippen LogP contribution is -2.35. The minimum atomic E-state index is -0.957. The molecular formula is C14H28FNO. The van der Waals surface area contributed by atoms with Crippen molar-refractivity contribution in [1.29, 1.82) is 0 Å². The molecule has 0 fully saturated rings. The fourth-order valence-electron chi connectivity index (χ4n) is 1.72. The number of nitrogens with zero attached hydrogens (tertiary/aromatic N) is 1. The van der Waals surface area contributed by atoms with E-state index in [0.717, 1.165) is 12.8 Å². The Labute approximate surface area is 106 Å². The number of alkyl halides is 1. The molecule has 1 unspecified atom stereocenters. The van der Waals surface area contributed by atoms with Crippen LogP contribution in [0.5, 0.6) is 0 Å². The molecule has 0 radical (unpaired) electrons. The maximum atomic E-state index is 13.5. The first-order valence-corrected chi connectivity index (χ1v) is 6.99. The molecule has 0 saturated carbocycles. The Morgan fingerprint density at radius 3 is 2.18 bits per heavy atom. The van der Waals surface area contributed by atoms with E-state index in [1.807, 2.05) is 13.8 Å². The van der Waals surface area contributed by atoms with E-state index >= 15 is 0 Å². The van der Waals surface area contributed by atoms with Crippen LogP contribution in [0.2, 0.25) is 0 Å². The van der Waals surface area contributed by atoms with Gasteiger partial charge in [0.05, 0.1) is 19.3 Å². The molecule has 0 amide bonds. The van der Waals surface area contributed by atoms with E-state index in [4.69, 9.17) is 0 Å². The zero-order valence-corrected chi connectivity index (χ0v) is 11.6. The van der Waals surface area contributed by atoms with Crippen molar-refractivity contribution < 1.29 is 9.04 Å². The van der Waals surface area contributed by atoms with Gasteiger partial charge in [-0.3, -0.25) is 0 Å². The zero-order chi connectivity index (χ0) is 13.1. The van der Waals surface area contributed by atoms with Crippen molar-refractivity contribution in [2.24, 2.45) is 0 Å². The molecule has 17 heavy (non-hydrogen) atoms. The molecule has 102 valence electrons. The van der Waals surface area contributed by atoms with Gasteiger partial charge >= 0.3 is 0 Å². The number of hydrogen-bond donors (Lipinski definition) is 0. The third kappa shape index (κ3) is 8.33. The third-order valence-corrected chi connectivity index (χ3v) is 3.22. The van der Waals surface area contributed by atoms with Gasteiger partial charge in [0.2, 0.25) is 0 Å². The van der Waals surface area contributed by atoms with Crippen molar-refractivity contribution in [3.05, 3.63) is 17.5 Å². The normalized spacial score (nSPS) is 14.4. The van der Waals surface area contributed by atoms with Crippen LogP contribution in [0.3, 0.4) is 0 Å². The largest absolute Gasteiger partial charge is 0.628 e. The van der Waals surface area contributed by atoms with E-state index < -0.39 is 10.8 Å². The number of quaternary nitrogens is 1.